The first-order chi connectivity index (χ1) is 10.2. The zero-order chi connectivity index (χ0) is 15.2. The highest BCUT2D eigenvalue weighted by Crippen LogP contribution is 2.33. The van der Waals surface area contributed by atoms with Gasteiger partial charge in [-0.2, -0.15) is 0 Å². The van der Waals surface area contributed by atoms with Crippen LogP contribution in [0.1, 0.15) is 24.4 Å². The SMILES string of the molecule is C=C/C=C\C(=C/N)C1CC(=O)CC(c2cccnc2)N1C. The fraction of sp³-hybridized carbons (Fsp3) is 0.294. The number of Topliss-reactive ketones (excluding diaryl/α,β-unsaturated/α-hetero) is 1. The second-order valence-electron chi connectivity index (χ2n) is 5.19. The van der Waals surface area contributed by atoms with E-state index in [1.54, 1.807) is 18.5 Å². The maximum absolute atomic E-state index is 12.1. The molecular formula is C17H21N3O. The lowest BCUT2D eigenvalue weighted by atomic mass is 9.88. The van der Waals surface area contributed by atoms with E-state index in [1.807, 2.05) is 37.5 Å². The van der Waals surface area contributed by atoms with Gasteiger partial charge in [-0.3, -0.25) is 14.7 Å². The first kappa shape index (κ1) is 15.2. The van der Waals surface area contributed by atoms with E-state index in [4.69, 9.17) is 5.73 Å². The Balaban J connectivity index is 2.29. The van der Waals surface area contributed by atoms with E-state index in [0.717, 1.165) is 11.1 Å². The number of nitrogens with zero attached hydrogens (tertiary/aromatic N) is 2. The Morgan fingerprint density at radius 1 is 1.52 bits per heavy atom. The molecule has 0 aliphatic carbocycles. The molecule has 0 bridgehead atoms. The van der Waals surface area contributed by atoms with Gasteiger partial charge in [-0.05, 0) is 30.5 Å². The number of nitrogens with two attached hydrogens (primary N) is 1. The van der Waals surface area contributed by atoms with Crippen molar-refractivity contribution in [3.63, 3.8) is 0 Å². The number of rotatable bonds is 4. The Morgan fingerprint density at radius 3 is 2.95 bits per heavy atom. The smallest absolute Gasteiger partial charge is 0.136 e. The van der Waals surface area contributed by atoms with Crippen LogP contribution in [-0.2, 0) is 4.79 Å². The largest absolute Gasteiger partial charge is 0.404 e. The van der Waals surface area contributed by atoms with Crippen molar-refractivity contribution < 1.29 is 4.79 Å². The third-order valence-corrected chi connectivity index (χ3v) is 3.90. The van der Waals surface area contributed by atoms with Crippen molar-refractivity contribution in [1.29, 1.82) is 0 Å². The highest BCUT2D eigenvalue weighted by Gasteiger charge is 2.34. The second kappa shape index (κ2) is 6.99. The minimum atomic E-state index is -0.0161. The molecule has 2 N–H and O–H groups in total. The molecule has 0 amide bonds. The van der Waals surface area contributed by atoms with Crippen molar-refractivity contribution in [3.8, 4) is 0 Å². The lowest BCUT2D eigenvalue weighted by Crippen LogP contribution is -2.43. The van der Waals surface area contributed by atoms with Crippen LogP contribution in [-0.4, -0.2) is 28.8 Å². The van der Waals surface area contributed by atoms with E-state index in [-0.39, 0.29) is 17.9 Å². The van der Waals surface area contributed by atoms with Gasteiger partial charge in [0, 0.05) is 37.3 Å². The van der Waals surface area contributed by atoms with E-state index >= 15 is 0 Å². The molecule has 0 saturated carbocycles. The van der Waals surface area contributed by atoms with Gasteiger partial charge < -0.3 is 5.73 Å². The molecule has 1 saturated heterocycles. The molecule has 2 rings (SSSR count). The summed E-state index contributed by atoms with van der Waals surface area (Å²) in [6.07, 6.45) is 11.6. The van der Waals surface area contributed by atoms with E-state index in [2.05, 4.69) is 16.5 Å². The van der Waals surface area contributed by atoms with Gasteiger partial charge in [0.25, 0.3) is 0 Å². The summed E-state index contributed by atoms with van der Waals surface area (Å²) in [5, 5.41) is 0. The van der Waals surface area contributed by atoms with Crippen molar-refractivity contribution in [3.05, 3.63) is 66.7 Å². The molecule has 1 aromatic heterocycles. The van der Waals surface area contributed by atoms with Crippen LogP contribution in [0.15, 0.2) is 61.1 Å². The molecular weight excluding hydrogens is 262 g/mol. The molecule has 2 unspecified atom stereocenters. The predicted octanol–water partition coefficient (Wildman–Crippen LogP) is 2.37. The number of carbonyl (C=O) groups excluding carboxylic acids is 1. The van der Waals surface area contributed by atoms with Crippen LogP contribution in [0.25, 0.3) is 0 Å². The number of aromatic nitrogens is 1. The second-order valence-corrected chi connectivity index (χ2v) is 5.19. The maximum Gasteiger partial charge on any atom is 0.136 e. The molecule has 0 aromatic carbocycles. The first-order valence-electron chi connectivity index (χ1n) is 7.01. The average molecular weight is 283 g/mol. The number of hydrogen-bond acceptors (Lipinski definition) is 4. The summed E-state index contributed by atoms with van der Waals surface area (Å²) < 4.78 is 0. The van der Waals surface area contributed by atoms with E-state index < -0.39 is 0 Å². The molecule has 1 aliphatic heterocycles. The third kappa shape index (κ3) is 3.47. The number of pyridine rings is 1. The minimum absolute atomic E-state index is 0.0161. The van der Waals surface area contributed by atoms with Crippen molar-refractivity contribution in [1.82, 2.24) is 9.88 Å². The molecule has 1 fully saturated rings. The highest BCUT2D eigenvalue weighted by molar-refractivity contribution is 5.81. The first-order valence-corrected chi connectivity index (χ1v) is 7.01. The van der Waals surface area contributed by atoms with Crippen LogP contribution in [0.2, 0.25) is 0 Å². The standard InChI is InChI=1S/C17H21N3O/c1-3-4-6-13(11-18)16-9-15(21)10-17(20(16)2)14-7-5-8-19-12-14/h3-8,11-12,16-17H,1,9-10,18H2,2H3/b6-4-,13-11+. The van der Waals surface area contributed by atoms with Gasteiger partial charge in [-0.1, -0.05) is 30.9 Å². The third-order valence-electron chi connectivity index (χ3n) is 3.90. The zero-order valence-corrected chi connectivity index (χ0v) is 12.3. The zero-order valence-electron chi connectivity index (χ0n) is 12.3. The molecule has 4 nitrogen and oxygen atoms in total. The number of likely N-dealkylation sites (tertiary alicyclic amines) is 1. The minimum Gasteiger partial charge on any atom is -0.404 e. The molecule has 4 heteroatoms. The fourth-order valence-corrected chi connectivity index (χ4v) is 2.76. The van der Waals surface area contributed by atoms with Gasteiger partial charge in [0.05, 0.1) is 0 Å². The van der Waals surface area contributed by atoms with E-state index in [0.29, 0.717) is 12.8 Å². The van der Waals surface area contributed by atoms with Gasteiger partial charge in [-0.25, -0.2) is 0 Å². The van der Waals surface area contributed by atoms with Crippen molar-refractivity contribution in [2.75, 3.05) is 7.05 Å². The van der Waals surface area contributed by atoms with Gasteiger partial charge in [-0.15, -0.1) is 0 Å². The van der Waals surface area contributed by atoms with Gasteiger partial charge in [0.15, 0.2) is 0 Å². The molecule has 0 radical (unpaired) electrons. The van der Waals surface area contributed by atoms with E-state index in [1.165, 1.54) is 0 Å². The number of piperidine rings is 1. The van der Waals surface area contributed by atoms with Crippen molar-refractivity contribution in [2.24, 2.45) is 5.73 Å². The summed E-state index contributed by atoms with van der Waals surface area (Å²) in [5.41, 5.74) is 7.73. The van der Waals surface area contributed by atoms with Crippen LogP contribution in [0, 0.1) is 0 Å². The normalized spacial score (nSPS) is 24.4. The van der Waals surface area contributed by atoms with Gasteiger partial charge >= 0.3 is 0 Å². The van der Waals surface area contributed by atoms with Crippen LogP contribution >= 0.6 is 0 Å². The summed E-state index contributed by atoms with van der Waals surface area (Å²) in [6, 6.07) is 3.93. The fourth-order valence-electron chi connectivity index (χ4n) is 2.76. The van der Waals surface area contributed by atoms with Crippen molar-refractivity contribution in [2.45, 2.75) is 24.9 Å². The summed E-state index contributed by atoms with van der Waals surface area (Å²) in [5.74, 6) is 0.248. The Hall–Kier alpha value is -2.20. The quantitative estimate of drug-likeness (QED) is 0.862. The molecule has 110 valence electrons. The maximum atomic E-state index is 12.1. The summed E-state index contributed by atoms with van der Waals surface area (Å²) in [6.45, 7) is 3.66. The lowest BCUT2D eigenvalue weighted by Gasteiger charge is -2.39. The number of likely N-dealkylation sites (N-methyl/N-ethyl adjacent to an activating group) is 1. The lowest BCUT2D eigenvalue weighted by molar-refractivity contribution is -0.124. The molecule has 2 atom stereocenters. The molecule has 2 heterocycles. The molecule has 0 spiro atoms. The van der Waals surface area contributed by atoms with Crippen molar-refractivity contribution >= 4 is 5.78 Å². The predicted molar refractivity (Wildman–Crippen MR) is 84.4 cm³/mol. The Labute approximate surface area is 125 Å². The summed E-state index contributed by atoms with van der Waals surface area (Å²) in [4.78, 5) is 18.5. The van der Waals surface area contributed by atoms with Gasteiger partial charge in [0.1, 0.15) is 5.78 Å². The number of allylic oxidation sites excluding steroid dienone is 2. The summed E-state index contributed by atoms with van der Waals surface area (Å²) in [7, 11) is 2.03. The molecule has 21 heavy (non-hydrogen) atoms. The molecule has 1 aliphatic rings. The summed E-state index contributed by atoms with van der Waals surface area (Å²) >= 11 is 0. The Morgan fingerprint density at radius 2 is 2.33 bits per heavy atom. The Kier molecular flexibility index (Phi) is 5.06. The Bertz CT molecular complexity index is 563. The van der Waals surface area contributed by atoms with Crippen LogP contribution in [0.5, 0.6) is 0 Å². The van der Waals surface area contributed by atoms with Gasteiger partial charge in [0.2, 0.25) is 0 Å². The molecule has 1 aromatic rings. The topological polar surface area (TPSA) is 59.2 Å². The highest BCUT2D eigenvalue weighted by atomic mass is 16.1. The van der Waals surface area contributed by atoms with Crippen LogP contribution in [0.4, 0.5) is 0 Å². The average Bonchev–Trinajstić information content (AvgIpc) is 2.51. The van der Waals surface area contributed by atoms with Crippen LogP contribution in [0.3, 0.4) is 0 Å². The van der Waals surface area contributed by atoms with E-state index in [9.17, 15) is 4.79 Å². The monoisotopic (exact) mass is 283 g/mol. The van der Waals surface area contributed by atoms with Crippen LogP contribution < -0.4 is 5.73 Å². The number of carbonyl (C=O) groups is 1. The number of hydrogen-bond donors (Lipinski definition) is 1. The number of ketones is 1.